The Morgan fingerprint density at radius 3 is 2.59 bits per heavy atom. The fourth-order valence-electron chi connectivity index (χ4n) is 1.87. The van der Waals surface area contributed by atoms with Crippen LogP contribution in [0.1, 0.15) is 6.92 Å². The molecule has 0 saturated carbocycles. The fourth-order valence-corrected chi connectivity index (χ4v) is 2.54. The second-order valence-corrected chi connectivity index (χ2v) is 6.08. The summed E-state index contributed by atoms with van der Waals surface area (Å²) in [5.74, 6) is 0.919. The number of nitrogen functional groups attached to an aromatic ring is 1. The minimum absolute atomic E-state index is 0.0938. The average Bonchev–Trinajstić information content (AvgIpc) is 2.81. The molecular weight excluding hydrogens is 300 g/mol. The van der Waals surface area contributed by atoms with Gasteiger partial charge in [0.1, 0.15) is 6.54 Å². The lowest BCUT2D eigenvalue weighted by Gasteiger charge is -2.13. The Hall–Kier alpha value is -2.22. The first-order valence-corrected chi connectivity index (χ1v) is 7.88. The van der Waals surface area contributed by atoms with Crippen molar-refractivity contribution >= 4 is 35.0 Å². The lowest BCUT2D eigenvalue weighted by Crippen LogP contribution is -2.20. The van der Waals surface area contributed by atoms with Gasteiger partial charge in [0.2, 0.25) is 11.9 Å². The number of carbonyl (C=O) groups excluding carboxylic acids is 1. The van der Waals surface area contributed by atoms with E-state index in [1.807, 2.05) is 50.2 Å². The Morgan fingerprint density at radius 1 is 1.32 bits per heavy atom. The summed E-state index contributed by atoms with van der Waals surface area (Å²) in [6.45, 7) is 2.10. The number of nitrogens with two attached hydrogens (primary N) is 1. The average molecular weight is 320 g/mol. The van der Waals surface area contributed by atoms with Crippen molar-refractivity contribution in [3.8, 4) is 0 Å². The van der Waals surface area contributed by atoms with E-state index in [0.717, 1.165) is 17.1 Å². The van der Waals surface area contributed by atoms with Gasteiger partial charge in [-0.05, 0) is 30.0 Å². The summed E-state index contributed by atoms with van der Waals surface area (Å²) in [5.41, 5.74) is 7.57. The highest BCUT2D eigenvalue weighted by Gasteiger charge is 2.13. The third-order valence-electron chi connectivity index (χ3n) is 2.99. The van der Waals surface area contributed by atoms with Crippen LogP contribution in [0.2, 0.25) is 0 Å². The molecule has 0 aliphatic rings. The molecule has 1 aromatic heterocycles. The van der Waals surface area contributed by atoms with E-state index in [-0.39, 0.29) is 18.4 Å². The van der Waals surface area contributed by atoms with Crippen molar-refractivity contribution in [2.75, 3.05) is 35.8 Å². The summed E-state index contributed by atoms with van der Waals surface area (Å²) in [7, 11) is 3.94. The molecule has 0 unspecified atom stereocenters. The zero-order valence-corrected chi connectivity index (χ0v) is 13.7. The van der Waals surface area contributed by atoms with Crippen LogP contribution in [-0.4, -0.2) is 40.5 Å². The molecule has 7 nitrogen and oxygen atoms in total. The maximum Gasteiger partial charge on any atom is 0.244 e. The molecule has 0 saturated heterocycles. The van der Waals surface area contributed by atoms with E-state index in [4.69, 9.17) is 5.73 Å². The maximum atomic E-state index is 12.1. The molecule has 0 aliphatic heterocycles. The van der Waals surface area contributed by atoms with Crippen molar-refractivity contribution in [1.82, 2.24) is 14.8 Å². The number of rotatable bonds is 6. The first kappa shape index (κ1) is 16.2. The van der Waals surface area contributed by atoms with E-state index in [1.165, 1.54) is 11.8 Å². The molecule has 22 heavy (non-hydrogen) atoms. The normalized spacial score (nSPS) is 10.5. The minimum atomic E-state index is -0.165. The Balaban J connectivity index is 2.02. The van der Waals surface area contributed by atoms with Crippen molar-refractivity contribution in [2.45, 2.75) is 18.6 Å². The van der Waals surface area contributed by atoms with Crippen molar-refractivity contribution in [3.05, 3.63) is 24.3 Å². The van der Waals surface area contributed by atoms with Gasteiger partial charge in [-0.2, -0.15) is 0 Å². The topological polar surface area (TPSA) is 89.1 Å². The van der Waals surface area contributed by atoms with Crippen LogP contribution in [-0.2, 0) is 11.3 Å². The molecular formula is C14H20N6OS. The van der Waals surface area contributed by atoms with Gasteiger partial charge in [0.15, 0.2) is 5.16 Å². The Kier molecular flexibility index (Phi) is 5.26. The SMILES string of the molecule is CCSc1nnc(N)n1CC(=O)Nc1ccc(N(C)C)cc1. The maximum absolute atomic E-state index is 12.1. The number of hydrogen-bond acceptors (Lipinski definition) is 6. The molecule has 0 atom stereocenters. The number of anilines is 3. The van der Waals surface area contributed by atoms with Gasteiger partial charge >= 0.3 is 0 Å². The molecule has 2 aromatic rings. The van der Waals surface area contributed by atoms with Crippen LogP contribution >= 0.6 is 11.8 Å². The molecule has 1 aromatic carbocycles. The van der Waals surface area contributed by atoms with Gasteiger partial charge in [0.05, 0.1) is 0 Å². The summed E-state index contributed by atoms with van der Waals surface area (Å²) in [6, 6.07) is 7.62. The highest BCUT2D eigenvalue weighted by molar-refractivity contribution is 7.99. The van der Waals surface area contributed by atoms with E-state index in [9.17, 15) is 4.79 Å². The second-order valence-electron chi connectivity index (χ2n) is 4.85. The quantitative estimate of drug-likeness (QED) is 0.787. The van der Waals surface area contributed by atoms with E-state index in [1.54, 1.807) is 4.57 Å². The van der Waals surface area contributed by atoms with Crippen LogP contribution in [0.25, 0.3) is 0 Å². The largest absolute Gasteiger partial charge is 0.378 e. The first-order chi connectivity index (χ1) is 10.5. The third-order valence-corrected chi connectivity index (χ3v) is 3.84. The summed E-state index contributed by atoms with van der Waals surface area (Å²) in [6.07, 6.45) is 0. The van der Waals surface area contributed by atoms with Crippen molar-refractivity contribution in [2.24, 2.45) is 0 Å². The van der Waals surface area contributed by atoms with Gasteiger partial charge in [-0.15, -0.1) is 10.2 Å². The van der Waals surface area contributed by atoms with E-state index >= 15 is 0 Å². The molecule has 0 aliphatic carbocycles. The lowest BCUT2D eigenvalue weighted by atomic mass is 10.2. The summed E-state index contributed by atoms with van der Waals surface area (Å²) in [5, 5.41) is 11.3. The van der Waals surface area contributed by atoms with E-state index < -0.39 is 0 Å². The molecule has 2 rings (SSSR count). The molecule has 1 heterocycles. The number of amides is 1. The minimum Gasteiger partial charge on any atom is -0.378 e. The van der Waals surface area contributed by atoms with Gasteiger partial charge in [0, 0.05) is 25.5 Å². The Bertz CT molecular complexity index is 637. The molecule has 1 amide bonds. The number of hydrogen-bond donors (Lipinski definition) is 2. The monoisotopic (exact) mass is 320 g/mol. The van der Waals surface area contributed by atoms with E-state index in [2.05, 4.69) is 15.5 Å². The van der Waals surface area contributed by atoms with Gasteiger partial charge in [-0.1, -0.05) is 18.7 Å². The van der Waals surface area contributed by atoms with Crippen LogP contribution in [0.5, 0.6) is 0 Å². The number of nitrogens with zero attached hydrogens (tertiary/aromatic N) is 4. The number of thioether (sulfide) groups is 1. The fraction of sp³-hybridized carbons (Fsp3) is 0.357. The van der Waals surface area contributed by atoms with Crippen LogP contribution in [0.4, 0.5) is 17.3 Å². The third kappa shape index (κ3) is 3.91. The predicted molar refractivity (Wildman–Crippen MR) is 90.2 cm³/mol. The highest BCUT2D eigenvalue weighted by atomic mass is 32.2. The molecule has 0 spiro atoms. The van der Waals surface area contributed by atoms with Gasteiger partial charge in [-0.3, -0.25) is 9.36 Å². The van der Waals surface area contributed by atoms with Crippen LogP contribution in [0.15, 0.2) is 29.4 Å². The zero-order chi connectivity index (χ0) is 16.1. The molecule has 0 radical (unpaired) electrons. The number of nitrogens with one attached hydrogen (secondary N) is 1. The first-order valence-electron chi connectivity index (χ1n) is 6.90. The summed E-state index contributed by atoms with van der Waals surface area (Å²) in [4.78, 5) is 14.1. The van der Waals surface area contributed by atoms with Gasteiger partial charge < -0.3 is 16.0 Å². The van der Waals surface area contributed by atoms with Crippen LogP contribution in [0, 0.1) is 0 Å². The van der Waals surface area contributed by atoms with Gasteiger partial charge in [0.25, 0.3) is 0 Å². The van der Waals surface area contributed by atoms with Crippen LogP contribution in [0.3, 0.4) is 0 Å². The standard InChI is InChI=1S/C14H20N6OS/c1-4-22-14-18-17-13(15)20(14)9-12(21)16-10-5-7-11(8-6-10)19(2)3/h5-8H,4,9H2,1-3H3,(H2,15,17)(H,16,21). The lowest BCUT2D eigenvalue weighted by molar-refractivity contribution is -0.116. The molecule has 118 valence electrons. The smallest absolute Gasteiger partial charge is 0.244 e. The molecule has 0 fully saturated rings. The van der Waals surface area contributed by atoms with Crippen molar-refractivity contribution in [3.63, 3.8) is 0 Å². The molecule has 8 heteroatoms. The molecule has 3 N–H and O–H groups in total. The highest BCUT2D eigenvalue weighted by Crippen LogP contribution is 2.18. The Labute approximate surface area is 133 Å². The van der Waals surface area contributed by atoms with Gasteiger partial charge in [-0.25, -0.2) is 0 Å². The van der Waals surface area contributed by atoms with Crippen molar-refractivity contribution < 1.29 is 4.79 Å². The number of aromatic nitrogens is 3. The molecule has 0 bridgehead atoms. The zero-order valence-electron chi connectivity index (χ0n) is 12.9. The van der Waals surface area contributed by atoms with E-state index in [0.29, 0.717) is 5.16 Å². The summed E-state index contributed by atoms with van der Waals surface area (Å²) >= 11 is 1.50. The second kappa shape index (κ2) is 7.17. The summed E-state index contributed by atoms with van der Waals surface area (Å²) < 4.78 is 1.61. The number of benzene rings is 1. The number of carbonyl (C=O) groups is 1. The Morgan fingerprint density at radius 2 is 2.00 bits per heavy atom. The van der Waals surface area contributed by atoms with Crippen molar-refractivity contribution in [1.29, 1.82) is 0 Å². The van der Waals surface area contributed by atoms with Crippen LogP contribution < -0.4 is 16.0 Å². The predicted octanol–water partition coefficient (Wildman–Crippen LogP) is 1.68.